The third-order valence-electron chi connectivity index (χ3n) is 5.68. The average Bonchev–Trinajstić information content (AvgIpc) is 3.26. The Labute approximate surface area is 172 Å². The van der Waals surface area contributed by atoms with Crippen LogP contribution in [-0.2, 0) is 16.8 Å². The zero-order chi connectivity index (χ0) is 19.8. The number of hydrogen-bond donors (Lipinski definition) is 1. The van der Waals surface area contributed by atoms with Crippen molar-refractivity contribution >= 4 is 23.2 Å². The minimum Gasteiger partial charge on any atom is -0.368 e. The second kappa shape index (κ2) is 7.20. The van der Waals surface area contributed by atoms with E-state index in [1.54, 1.807) is 6.20 Å². The van der Waals surface area contributed by atoms with E-state index in [0.29, 0.717) is 37.5 Å². The number of rotatable bonds is 2. The molecule has 1 spiro atoms. The summed E-state index contributed by atoms with van der Waals surface area (Å²) in [4.78, 5) is 28.0. The fraction of sp³-hybridized carbons (Fsp3) is 0.333. The van der Waals surface area contributed by atoms with Crippen LogP contribution in [0.3, 0.4) is 0 Å². The van der Waals surface area contributed by atoms with Crippen molar-refractivity contribution < 1.29 is 9.53 Å². The van der Waals surface area contributed by atoms with Crippen LogP contribution >= 0.6 is 11.3 Å². The van der Waals surface area contributed by atoms with Crippen LogP contribution in [0.15, 0.2) is 41.9 Å². The zero-order valence-corrected chi connectivity index (χ0v) is 16.7. The first-order valence-electron chi connectivity index (χ1n) is 9.71. The van der Waals surface area contributed by atoms with Crippen molar-refractivity contribution in [2.75, 3.05) is 25.4 Å². The molecule has 2 aliphatic rings. The van der Waals surface area contributed by atoms with Crippen LogP contribution in [0.2, 0.25) is 0 Å². The first-order valence-corrected chi connectivity index (χ1v) is 10.6. The topological polar surface area (TPSA) is 94.2 Å². The van der Waals surface area contributed by atoms with Crippen molar-refractivity contribution in [2.45, 2.75) is 24.9 Å². The summed E-state index contributed by atoms with van der Waals surface area (Å²) in [5, 5.41) is 2.46. The summed E-state index contributed by atoms with van der Waals surface area (Å²) in [6.45, 7) is 1.84. The van der Waals surface area contributed by atoms with Crippen LogP contribution < -0.4 is 5.73 Å². The third kappa shape index (κ3) is 3.28. The Morgan fingerprint density at radius 2 is 1.97 bits per heavy atom. The highest BCUT2D eigenvalue weighted by molar-refractivity contribution is 7.12. The van der Waals surface area contributed by atoms with Crippen molar-refractivity contribution in [2.24, 2.45) is 0 Å². The van der Waals surface area contributed by atoms with E-state index in [-0.39, 0.29) is 11.9 Å². The van der Waals surface area contributed by atoms with Crippen LogP contribution in [0, 0.1) is 0 Å². The minimum absolute atomic E-state index is 0.0229. The number of nitrogens with two attached hydrogens (primary N) is 1. The molecule has 2 aliphatic heterocycles. The molecule has 1 aromatic carbocycles. The number of nitrogens with zero attached hydrogens (tertiary/aromatic N) is 4. The van der Waals surface area contributed by atoms with Crippen LogP contribution in [0.1, 0.15) is 33.9 Å². The molecule has 1 fully saturated rings. The van der Waals surface area contributed by atoms with Gasteiger partial charge in [-0.2, -0.15) is 0 Å². The molecular weight excluding hydrogens is 386 g/mol. The molecule has 4 heterocycles. The second-order valence-corrected chi connectivity index (χ2v) is 8.25. The number of anilines is 1. The summed E-state index contributed by atoms with van der Waals surface area (Å²) in [5.74, 6) is 0.244. The van der Waals surface area contributed by atoms with E-state index in [4.69, 9.17) is 10.5 Å². The van der Waals surface area contributed by atoms with E-state index in [1.165, 1.54) is 11.3 Å². The van der Waals surface area contributed by atoms with Crippen molar-refractivity contribution in [1.82, 2.24) is 19.9 Å². The van der Waals surface area contributed by atoms with Gasteiger partial charge in [-0.25, -0.2) is 15.0 Å². The highest BCUT2D eigenvalue weighted by Crippen LogP contribution is 2.40. The van der Waals surface area contributed by atoms with Gasteiger partial charge in [0.05, 0.1) is 18.0 Å². The van der Waals surface area contributed by atoms with Crippen LogP contribution in [0.25, 0.3) is 11.3 Å². The molecule has 2 N–H and O–H groups in total. The molecule has 2 aromatic heterocycles. The van der Waals surface area contributed by atoms with Gasteiger partial charge in [-0.15, -0.1) is 11.3 Å². The molecule has 148 valence electrons. The molecule has 0 atom stereocenters. The smallest absolute Gasteiger partial charge is 0.282 e. The predicted octanol–water partition coefficient (Wildman–Crippen LogP) is 2.89. The molecule has 0 unspecified atom stereocenters. The Kier molecular flexibility index (Phi) is 4.52. The monoisotopic (exact) mass is 407 g/mol. The normalized spacial score (nSPS) is 17.9. The number of hydrogen-bond acceptors (Lipinski definition) is 7. The number of carbonyl (C=O) groups excluding carboxylic acids is 1. The summed E-state index contributed by atoms with van der Waals surface area (Å²) in [7, 11) is 0. The number of carbonyl (C=O) groups is 1. The summed E-state index contributed by atoms with van der Waals surface area (Å²) in [5.41, 5.74) is 9.19. The maximum absolute atomic E-state index is 13.0. The van der Waals surface area contributed by atoms with Gasteiger partial charge in [0.15, 0.2) is 5.01 Å². The lowest BCUT2D eigenvalue weighted by Gasteiger charge is -2.43. The van der Waals surface area contributed by atoms with Gasteiger partial charge in [-0.1, -0.05) is 30.3 Å². The van der Waals surface area contributed by atoms with E-state index >= 15 is 0 Å². The molecule has 0 saturated carbocycles. The standard InChI is InChI=1S/C21H21N5O2S/c22-20-23-12-15-6-11-28-21(17(15)25-20)7-9-26(10-8-21)19(27)18-24-16(13-29-18)14-4-2-1-3-5-14/h1-5,12-13H,6-11H2,(H2,22,23,25). The quantitative estimate of drug-likeness (QED) is 0.702. The minimum atomic E-state index is -0.473. The van der Waals surface area contributed by atoms with E-state index in [1.807, 2.05) is 40.6 Å². The van der Waals surface area contributed by atoms with Gasteiger partial charge in [-0.3, -0.25) is 4.79 Å². The Morgan fingerprint density at radius 1 is 1.17 bits per heavy atom. The highest BCUT2D eigenvalue weighted by atomic mass is 32.1. The average molecular weight is 407 g/mol. The molecule has 0 bridgehead atoms. The number of fused-ring (bicyclic) bond motifs is 2. The van der Waals surface area contributed by atoms with Crippen LogP contribution in [0.4, 0.5) is 5.95 Å². The first kappa shape index (κ1) is 18.2. The van der Waals surface area contributed by atoms with Gasteiger partial charge in [0.1, 0.15) is 5.60 Å². The van der Waals surface area contributed by atoms with Gasteiger partial charge >= 0.3 is 0 Å². The number of thiazole rings is 1. The zero-order valence-electron chi connectivity index (χ0n) is 15.9. The van der Waals surface area contributed by atoms with Gasteiger partial charge in [0.2, 0.25) is 5.95 Å². The Bertz CT molecular complexity index is 1040. The second-order valence-electron chi connectivity index (χ2n) is 7.39. The van der Waals surface area contributed by atoms with Gasteiger partial charge in [-0.05, 0) is 24.8 Å². The molecule has 1 amide bonds. The van der Waals surface area contributed by atoms with Gasteiger partial charge in [0, 0.05) is 30.2 Å². The maximum Gasteiger partial charge on any atom is 0.282 e. The highest BCUT2D eigenvalue weighted by Gasteiger charge is 2.43. The van der Waals surface area contributed by atoms with Crippen molar-refractivity contribution in [1.29, 1.82) is 0 Å². The predicted molar refractivity (Wildman–Crippen MR) is 110 cm³/mol. The summed E-state index contributed by atoms with van der Waals surface area (Å²) in [6.07, 6.45) is 3.99. The van der Waals surface area contributed by atoms with Gasteiger partial charge in [0.25, 0.3) is 5.91 Å². The number of aromatic nitrogens is 3. The number of benzene rings is 1. The summed E-state index contributed by atoms with van der Waals surface area (Å²) < 4.78 is 6.19. The number of ether oxygens (including phenoxy) is 1. The first-order chi connectivity index (χ1) is 14.1. The number of nitrogen functional groups attached to an aromatic ring is 1. The lowest BCUT2D eigenvalue weighted by Crippen LogP contribution is -2.49. The Balaban J connectivity index is 1.32. The number of amides is 1. The molecule has 0 aliphatic carbocycles. The molecule has 7 nitrogen and oxygen atoms in total. The van der Waals surface area contributed by atoms with Crippen molar-refractivity contribution in [3.63, 3.8) is 0 Å². The van der Waals surface area contributed by atoms with E-state index in [9.17, 15) is 4.79 Å². The fourth-order valence-corrected chi connectivity index (χ4v) is 4.92. The number of piperidine rings is 1. The lowest BCUT2D eigenvalue weighted by molar-refractivity contribution is -0.0966. The number of likely N-dealkylation sites (tertiary alicyclic amines) is 1. The molecule has 5 rings (SSSR count). The molecule has 1 saturated heterocycles. The Morgan fingerprint density at radius 3 is 2.76 bits per heavy atom. The summed E-state index contributed by atoms with van der Waals surface area (Å²) in [6, 6.07) is 9.91. The van der Waals surface area contributed by atoms with Gasteiger partial charge < -0.3 is 15.4 Å². The largest absolute Gasteiger partial charge is 0.368 e. The lowest BCUT2D eigenvalue weighted by atomic mass is 9.83. The molecule has 29 heavy (non-hydrogen) atoms. The van der Waals surface area contributed by atoms with Crippen molar-refractivity contribution in [3.8, 4) is 11.3 Å². The third-order valence-corrected chi connectivity index (χ3v) is 6.51. The van der Waals surface area contributed by atoms with E-state index < -0.39 is 5.60 Å². The van der Waals surface area contributed by atoms with Crippen LogP contribution in [-0.4, -0.2) is 45.5 Å². The van der Waals surface area contributed by atoms with E-state index in [2.05, 4.69) is 15.0 Å². The van der Waals surface area contributed by atoms with E-state index in [0.717, 1.165) is 28.9 Å². The fourth-order valence-electron chi connectivity index (χ4n) is 4.12. The maximum atomic E-state index is 13.0. The molecular formula is C21H21N5O2S. The molecule has 8 heteroatoms. The molecule has 0 radical (unpaired) electrons. The molecule has 3 aromatic rings. The SMILES string of the molecule is Nc1ncc2c(n1)C1(CCN(C(=O)c3nc(-c4ccccc4)cs3)CC1)OCC2. The summed E-state index contributed by atoms with van der Waals surface area (Å²) >= 11 is 1.39. The van der Waals surface area contributed by atoms with Crippen LogP contribution in [0.5, 0.6) is 0 Å². The van der Waals surface area contributed by atoms with Crippen molar-refractivity contribution in [3.05, 3.63) is 58.2 Å². The Hall–Kier alpha value is -2.84.